The molecule has 2 rings (SSSR count). The van der Waals surface area contributed by atoms with Crippen LogP contribution in [0.5, 0.6) is 0 Å². The molecule has 0 radical (unpaired) electrons. The Hall–Kier alpha value is -1.22. The second-order valence-electron chi connectivity index (χ2n) is 3.89. The van der Waals surface area contributed by atoms with Crippen LogP contribution < -0.4 is 15.5 Å². The zero-order valence-corrected chi connectivity index (χ0v) is 9.29. The molecule has 0 fully saturated rings. The fourth-order valence-electron chi connectivity index (χ4n) is 2.02. The normalized spacial score (nSPS) is 14.6. The monoisotopic (exact) mass is 205 g/mol. The van der Waals surface area contributed by atoms with Crippen LogP contribution in [0.25, 0.3) is 0 Å². The number of hydrogen-bond donors (Lipinski definition) is 2. The van der Waals surface area contributed by atoms with E-state index in [9.17, 15) is 0 Å². The van der Waals surface area contributed by atoms with Gasteiger partial charge in [0, 0.05) is 19.6 Å². The number of anilines is 2. The van der Waals surface area contributed by atoms with Crippen LogP contribution in [0.1, 0.15) is 6.42 Å². The minimum Gasteiger partial charge on any atom is -0.382 e. The summed E-state index contributed by atoms with van der Waals surface area (Å²) in [5.74, 6) is 0. The third-order valence-corrected chi connectivity index (χ3v) is 2.80. The number of nitrogens with one attached hydrogen (secondary N) is 2. The van der Waals surface area contributed by atoms with Gasteiger partial charge in [-0.3, -0.25) is 0 Å². The van der Waals surface area contributed by atoms with Crippen molar-refractivity contribution < 1.29 is 0 Å². The summed E-state index contributed by atoms with van der Waals surface area (Å²) < 4.78 is 0. The van der Waals surface area contributed by atoms with Crippen LogP contribution >= 0.6 is 0 Å². The zero-order chi connectivity index (χ0) is 10.5. The van der Waals surface area contributed by atoms with Crippen molar-refractivity contribution in [1.82, 2.24) is 5.32 Å². The molecule has 0 aliphatic carbocycles. The average Bonchev–Trinajstić information content (AvgIpc) is 2.30. The first-order valence-corrected chi connectivity index (χ1v) is 5.64. The van der Waals surface area contributed by atoms with Crippen LogP contribution in [0, 0.1) is 0 Å². The Labute approximate surface area is 91.5 Å². The highest BCUT2D eigenvalue weighted by molar-refractivity contribution is 5.71. The number of rotatable bonds is 4. The molecule has 0 bridgehead atoms. The molecule has 3 nitrogen and oxygen atoms in total. The van der Waals surface area contributed by atoms with Crippen LogP contribution in [0.3, 0.4) is 0 Å². The van der Waals surface area contributed by atoms with E-state index in [1.807, 2.05) is 7.05 Å². The Kier molecular flexibility index (Phi) is 3.45. The molecule has 82 valence electrons. The lowest BCUT2D eigenvalue weighted by molar-refractivity contribution is 0.682. The molecule has 1 aromatic rings. The third-order valence-electron chi connectivity index (χ3n) is 2.80. The molecule has 2 N–H and O–H groups in total. The Balaban J connectivity index is 2.02. The number of benzene rings is 1. The predicted octanol–water partition coefficient (Wildman–Crippen LogP) is 1.53. The molecule has 15 heavy (non-hydrogen) atoms. The van der Waals surface area contributed by atoms with E-state index < -0.39 is 0 Å². The molecule has 0 aromatic heterocycles. The SMILES string of the molecule is CNCCCN1CCNc2ccccc21. The van der Waals surface area contributed by atoms with Crippen molar-refractivity contribution in [3.8, 4) is 0 Å². The molecule has 0 saturated heterocycles. The van der Waals surface area contributed by atoms with E-state index in [0.717, 1.165) is 26.2 Å². The minimum absolute atomic E-state index is 1.05. The fraction of sp³-hybridized carbons (Fsp3) is 0.500. The van der Waals surface area contributed by atoms with Gasteiger partial charge in [0.15, 0.2) is 0 Å². The van der Waals surface area contributed by atoms with Crippen LogP contribution in [-0.2, 0) is 0 Å². The van der Waals surface area contributed by atoms with Crippen molar-refractivity contribution in [3.63, 3.8) is 0 Å². The van der Waals surface area contributed by atoms with E-state index >= 15 is 0 Å². The Morgan fingerprint density at radius 1 is 1.40 bits per heavy atom. The van der Waals surface area contributed by atoms with Gasteiger partial charge in [0.2, 0.25) is 0 Å². The molecule has 0 atom stereocenters. The topological polar surface area (TPSA) is 27.3 Å². The summed E-state index contributed by atoms with van der Waals surface area (Å²) in [5.41, 5.74) is 2.62. The standard InChI is InChI=1S/C12H19N3/c1-13-7-4-9-15-10-8-14-11-5-2-3-6-12(11)15/h2-3,5-6,13-14H,4,7-10H2,1H3. The van der Waals surface area contributed by atoms with Gasteiger partial charge in [-0.15, -0.1) is 0 Å². The first-order chi connectivity index (χ1) is 7.42. The smallest absolute Gasteiger partial charge is 0.0602 e. The molecule has 0 spiro atoms. The molecule has 1 aliphatic rings. The summed E-state index contributed by atoms with van der Waals surface area (Å²) in [5, 5.41) is 6.61. The van der Waals surface area contributed by atoms with Crippen molar-refractivity contribution >= 4 is 11.4 Å². The average molecular weight is 205 g/mol. The molecule has 1 aromatic carbocycles. The van der Waals surface area contributed by atoms with E-state index in [0.29, 0.717) is 0 Å². The number of para-hydroxylation sites is 2. The fourth-order valence-corrected chi connectivity index (χ4v) is 2.02. The molecular formula is C12H19N3. The maximum absolute atomic E-state index is 3.43. The largest absolute Gasteiger partial charge is 0.382 e. The maximum Gasteiger partial charge on any atom is 0.0602 e. The summed E-state index contributed by atoms with van der Waals surface area (Å²) >= 11 is 0. The summed E-state index contributed by atoms with van der Waals surface area (Å²) in [6, 6.07) is 8.54. The van der Waals surface area contributed by atoms with Gasteiger partial charge >= 0.3 is 0 Å². The van der Waals surface area contributed by atoms with E-state index in [-0.39, 0.29) is 0 Å². The lowest BCUT2D eigenvalue weighted by Crippen LogP contribution is -2.35. The molecule has 1 aliphatic heterocycles. The van der Waals surface area contributed by atoms with E-state index in [4.69, 9.17) is 0 Å². The molecule has 1 heterocycles. The van der Waals surface area contributed by atoms with Gasteiger partial charge in [-0.1, -0.05) is 12.1 Å². The highest BCUT2D eigenvalue weighted by atomic mass is 15.2. The minimum atomic E-state index is 1.05. The summed E-state index contributed by atoms with van der Waals surface area (Å²) in [7, 11) is 2.01. The first kappa shape index (κ1) is 10.3. The quantitative estimate of drug-likeness (QED) is 0.730. The second kappa shape index (κ2) is 5.03. The van der Waals surface area contributed by atoms with Crippen molar-refractivity contribution in [1.29, 1.82) is 0 Å². The molecular weight excluding hydrogens is 186 g/mol. The zero-order valence-electron chi connectivity index (χ0n) is 9.29. The highest BCUT2D eigenvalue weighted by Crippen LogP contribution is 2.28. The number of fused-ring (bicyclic) bond motifs is 1. The predicted molar refractivity (Wildman–Crippen MR) is 65.7 cm³/mol. The number of nitrogens with zero attached hydrogens (tertiary/aromatic N) is 1. The van der Waals surface area contributed by atoms with Crippen LogP contribution in [-0.4, -0.2) is 33.2 Å². The van der Waals surface area contributed by atoms with Crippen molar-refractivity contribution in [2.24, 2.45) is 0 Å². The Morgan fingerprint density at radius 3 is 3.13 bits per heavy atom. The first-order valence-electron chi connectivity index (χ1n) is 5.64. The van der Waals surface area contributed by atoms with Gasteiger partial charge in [0.05, 0.1) is 11.4 Å². The van der Waals surface area contributed by atoms with Gasteiger partial charge in [0.25, 0.3) is 0 Å². The lowest BCUT2D eigenvalue weighted by Gasteiger charge is -2.32. The lowest BCUT2D eigenvalue weighted by atomic mass is 10.2. The molecule has 3 heteroatoms. The van der Waals surface area contributed by atoms with Crippen LogP contribution in [0.2, 0.25) is 0 Å². The van der Waals surface area contributed by atoms with Crippen molar-refractivity contribution in [2.45, 2.75) is 6.42 Å². The molecule has 0 saturated carbocycles. The van der Waals surface area contributed by atoms with Crippen molar-refractivity contribution in [2.75, 3.05) is 43.4 Å². The third kappa shape index (κ3) is 2.42. The van der Waals surface area contributed by atoms with Gasteiger partial charge in [-0.2, -0.15) is 0 Å². The summed E-state index contributed by atoms with van der Waals surface area (Å²) in [6.45, 7) is 4.39. The van der Waals surface area contributed by atoms with E-state index in [2.05, 4.69) is 39.8 Å². The maximum atomic E-state index is 3.43. The highest BCUT2D eigenvalue weighted by Gasteiger charge is 2.14. The number of hydrogen-bond acceptors (Lipinski definition) is 3. The van der Waals surface area contributed by atoms with Gasteiger partial charge < -0.3 is 15.5 Å². The second-order valence-corrected chi connectivity index (χ2v) is 3.89. The summed E-state index contributed by atoms with van der Waals surface area (Å²) in [6.07, 6.45) is 1.20. The molecule has 0 unspecified atom stereocenters. The Morgan fingerprint density at radius 2 is 2.27 bits per heavy atom. The van der Waals surface area contributed by atoms with E-state index in [1.54, 1.807) is 0 Å². The molecule has 0 amide bonds. The van der Waals surface area contributed by atoms with Gasteiger partial charge in [-0.05, 0) is 32.1 Å². The van der Waals surface area contributed by atoms with Crippen LogP contribution in [0.15, 0.2) is 24.3 Å². The van der Waals surface area contributed by atoms with Gasteiger partial charge in [-0.25, -0.2) is 0 Å². The van der Waals surface area contributed by atoms with E-state index in [1.165, 1.54) is 17.8 Å². The van der Waals surface area contributed by atoms with Gasteiger partial charge in [0.1, 0.15) is 0 Å². The van der Waals surface area contributed by atoms with Crippen LogP contribution in [0.4, 0.5) is 11.4 Å². The Bertz CT molecular complexity index is 311. The summed E-state index contributed by atoms with van der Waals surface area (Å²) in [4.78, 5) is 2.46. The van der Waals surface area contributed by atoms with Crippen molar-refractivity contribution in [3.05, 3.63) is 24.3 Å².